The normalized spacial score (nSPS) is 33.6. The molecule has 0 radical (unpaired) electrons. The van der Waals surface area contributed by atoms with Gasteiger partial charge in [-0.15, -0.1) is 0 Å². The Balaban J connectivity index is 1.18. The van der Waals surface area contributed by atoms with Crippen molar-refractivity contribution in [3.05, 3.63) is 41.8 Å². The minimum absolute atomic E-state index is 0.0271. The molecule has 0 spiro atoms. The van der Waals surface area contributed by atoms with E-state index in [4.69, 9.17) is 9.05 Å². The van der Waals surface area contributed by atoms with Crippen LogP contribution in [0, 0.1) is 17.8 Å². The number of aryl methyl sites for hydroxylation is 2. The summed E-state index contributed by atoms with van der Waals surface area (Å²) in [4.78, 5) is 25.0. The smallest absolute Gasteiger partial charge is 0.257 e. The van der Waals surface area contributed by atoms with Crippen LogP contribution in [-0.4, -0.2) is 38.4 Å². The van der Waals surface area contributed by atoms with Gasteiger partial charge in [-0.3, -0.25) is 4.79 Å². The average Bonchev–Trinajstić information content (AvgIpc) is 3.55. The van der Waals surface area contributed by atoms with Crippen LogP contribution in [0.2, 0.25) is 0 Å². The fourth-order valence-corrected chi connectivity index (χ4v) is 7.45. The minimum Gasteiger partial charge on any atom is -0.339 e. The van der Waals surface area contributed by atoms with Crippen LogP contribution in [-0.2, 0) is 16.6 Å². The van der Waals surface area contributed by atoms with Gasteiger partial charge < -0.3 is 13.9 Å². The molecule has 0 unspecified atom stereocenters. The number of benzene rings is 1. The van der Waals surface area contributed by atoms with Gasteiger partial charge in [0.1, 0.15) is 5.67 Å². The van der Waals surface area contributed by atoms with Crippen LogP contribution in [0.5, 0.6) is 0 Å². The lowest BCUT2D eigenvalue weighted by Gasteiger charge is -2.65. The second kappa shape index (κ2) is 7.71. The lowest BCUT2D eigenvalue weighted by Crippen LogP contribution is -2.71. The first-order chi connectivity index (χ1) is 17.8. The number of anilines is 1. The molecule has 6 saturated carbocycles. The predicted molar refractivity (Wildman–Crippen MR) is 132 cm³/mol. The Morgan fingerprint density at radius 1 is 1.03 bits per heavy atom. The molecule has 2 aromatic heterocycles. The summed E-state index contributed by atoms with van der Waals surface area (Å²) in [5.74, 6) is 2.62. The Kier molecular flexibility index (Phi) is 4.80. The fraction of sp³-hybridized carbons (Fsp3) is 0.607. The molecule has 6 fully saturated rings. The van der Waals surface area contributed by atoms with E-state index in [0.29, 0.717) is 49.8 Å². The lowest BCUT2D eigenvalue weighted by molar-refractivity contribution is -0.211. The van der Waals surface area contributed by atoms with Gasteiger partial charge in [0.2, 0.25) is 11.8 Å². The fourth-order valence-electron chi connectivity index (χ4n) is 7.45. The zero-order valence-corrected chi connectivity index (χ0v) is 21.4. The molecule has 8 nitrogen and oxygen atoms in total. The Labute approximate surface area is 215 Å². The molecular weight excluding hydrogens is 473 g/mol. The molecule has 6 aliphatic rings. The largest absolute Gasteiger partial charge is 0.339 e. The number of amides is 1. The van der Waals surface area contributed by atoms with Crippen LogP contribution in [0.25, 0.3) is 11.5 Å². The van der Waals surface area contributed by atoms with Crippen LogP contribution in [0.3, 0.4) is 0 Å². The summed E-state index contributed by atoms with van der Waals surface area (Å²) in [7, 11) is 0. The summed E-state index contributed by atoms with van der Waals surface area (Å²) in [6.45, 7) is 4.48. The summed E-state index contributed by atoms with van der Waals surface area (Å²) in [5, 5.41) is 8.06. The van der Waals surface area contributed by atoms with E-state index >= 15 is 0 Å². The highest BCUT2D eigenvalue weighted by molar-refractivity contribution is 6.00. The van der Waals surface area contributed by atoms with Gasteiger partial charge in [0.05, 0.1) is 5.41 Å². The van der Waals surface area contributed by atoms with E-state index < -0.39 is 11.1 Å². The van der Waals surface area contributed by atoms with Crippen molar-refractivity contribution >= 4 is 11.6 Å². The molecular formula is C28H32FN5O3. The standard InChI is InChI=1S/C28H32FN5O3/c1-3-21-31-22(36-33-21)19-5-4-6-20(13-19)34(24(35)27-14-28(29,15-27)16-27)17-25-7-10-26(11-8-25,12-9-25)23-30-18(2)32-37-23/h4-6,13H,3,7-12,14-17H2,1-2H3. The third-order valence-electron chi connectivity index (χ3n) is 9.73. The second-order valence-electron chi connectivity index (χ2n) is 12.2. The molecule has 4 bridgehead atoms. The number of halogens is 1. The van der Waals surface area contributed by atoms with Gasteiger partial charge in [-0.25, -0.2) is 4.39 Å². The number of fused-ring (bicyclic) bond motifs is 3. The summed E-state index contributed by atoms with van der Waals surface area (Å²) in [6.07, 6.45) is 7.70. The molecule has 0 atom stereocenters. The third-order valence-corrected chi connectivity index (χ3v) is 9.73. The molecule has 6 aliphatic carbocycles. The zero-order chi connectivity index (χ0) is 25.5. The number of hydrogen-bond acceptors (Lipinski definition) is 7. The third kappa shape index (κ3) is 3.49. The molecule has 1 amide bonds. The van der Waals surface area contributed by atoms with Gasteiger partial charge >= 0.3 is 0 Å². The quantitative estimate of drug-likeness (QED) is 0.418. The summed E-state index contributed by atoms with van der Waals surface area (Å²) in [6, 6.07) is 7.80. The highest BCUT2D eigenvalue weighted by atomic mass is 19.1. The van der Waals surface area contributed by atoms with Crippen LogP contribution in [0.4, 0.5) is 10.1 Å². The van der Waals surface area contributed by atoms with Gasteiger partial charge in [-0.2, -0.15) is 9.97 Å². The molecule has 0 saturated heterocycles. The highest BCUT2D eigenvalue weighted by Gasteiger charge is 2.73. The average molecular weight is 506 g/mol. The van der Waals surface area contributed by atoms with Crippen LogP contribution < -0.4 is 4.90 Å². The van der Waals surface area contributed by atoms with Crippen molar-refractivity contribution in [1.29, 1.82) is 0 Å². The number of rotatable bonds is 7. The molecule has 1 aromatic carbocycles. The lowest BCUT2D eigenvalue weighted by atomic mass is 9.41. The van der Waals surface area contributed by atoms with Gasteiger partial charge in [-0.1, -0.05) is 23.3 Å². The molecule has 0 aliphatic heterocycles. The number of carbonyl (C=O) groups excluding carboxylic acids is 1. The first-order valence-electron chi connectivity index (χ1n) is 13.5. The number of alkyl halides is 1. The first kappa shape index (κ1) is 23.0. The predicted octanol–water partition coefficient (Wildman–Crippen LogP) is 5.51. The molecule has 0 N–H and O–H groups in total. The monoisotopic (exact) mass is 505 g/mol. The summed E-state index contributed by atoms with van der Waals surface area (Å²) < 4.78 is 25.5. The van der Waals surface area contributed by atoms with E-state index in [1.807, 2.05) is 43.0 Å². The first-order valence-corrected chi connectivity index (χ1v) is 13.5. The van der Waals surface area contributed by atoms with E-state index in [1.54, 1.807) is 0 Å². The van der Waals surface area contributed by atoms with Gasteiger partial charge in [0, 0.05) is 29.6 Å². The van der Waals surface area contributed by atoms with Crippen LogP contribution in [0.15, 0.2) is 33.3 Å². The maximum atomic E-state index is 14.5. The van der Waals surface area contributed by atoms with E-state index in [2.05, 4.69) is 20.3 Å². The Morgan fingerprint density at radius 2 is 1.76 bits per heavy atom. The topological polar surface area (TPSA) is 98.1 Å². The Bertz CT molecular complexity index is 1340. The number of aromatic nitrogens is 4. The van der Waals surface area contributed by atoms with E-state index in [1.165, 1.54) is 0 Å². The van der Waals surface area contributed by atoms with E-state index in [-0.39, 0.29) is 16.7 Å². The molecule has 194 valence electrons. The molecule has 3 aromatic rings. The van der Waals surface area contributed by atoms with Gasteiger partial charge in [0.25, 0.3) is 5.89 Å². The maximum absolute atomic E-state index is 14.5. The van der Waals surface area contributed by atoms with Crippen molar-refractivity contribution in [2.24, 2.45) is 10.8 Å². The van der Waals surface area contributed by atoms with Crippen molar-refractivity contribution in [3.8, 4) is 11.5 Å². The van der Waals surface area contributed by atoms with Crippen molar-refractivity contribution < 1.29 is 18.2 Å². The Hall–Kier alpha value is -3.10. The zero-order valence-electron chi connectivity index (χ0n) is 21.4. The van der Waals surface area contributed by atoms with E-state index in [9.17, 15) is 9.18 Å². The Morgan fingerprint density at radius 3 is 2.35 bits per heavy atom. The number of hydrogen-bond donors (Lipinski definition) is 0. The highest BCUT2D eigenvalue weighted by Crippen LogP contribution is 2.70. The van der Waals surface area contributed by atoms with Crippen LogP contribution in [0.1, 0.15) is 82.3 Å². The van der Waals surface area contributed by atoms with Gasteiger partial charge in [-0.05, 0) is 88.3 Å². The summed E-state index contributed by atoms with van der Waals surface area (Å²) in [5.41, 5.74) is -0.0756. The SMILES string of the molecule is CCc1noc(-c2cccc(N(CC34CCC(c5nc(C)no5)(CC3)CC4)C(=O)C34CC(F)(C3)C4)c2)n1. The molecule has 37 heavy (non-hydrogen) atoms. The van der Waals surface area contributed by atoms with Crippen LogP contribution >= 0.6 is 0 Å². The molecule has 2 heterocycles. The van der Waals surface area contributed by atoms with Crippen molar-refractivity contribution in [2.45, 2.75) is 89.1 Å². The van der Waals surface area contributed by atoms with Crippen molar-refractivity contribution in [1.82, 2.24) is 20.3 Å². The minimum atomic E-state index is -1.13. The second-order valence-corrected chi connectivity index (χ2v) is 12.2. The summed E-state index contributed by atoms with van der Waals surface area (Å²) >= 11 is 0. The number of carbonyl (C=O) groups is 1. The molecule has 9 rings (SSSR count). The van der Waals surface area contributed by atoms with Crippen molar-refractivity contribution in [2.75, 3.05) is 11.4 Å². The van der Waals surface area contributed by atoms with E-state index in [0.717, 1.165) is 55.7 Å². The maximum Gasteiger partial charge on any atom is 0.257 e. The molecule has 9 heteroatoms. The van der Waals surface area contributed by atoms with Crippen molar-refractivity contribution in [3.63, 3.8) is 0 Å². The number of nitrogens with zero attached hydrogens (tertiary/aromatic N) is 5. The van der Waals surface area contributed by atoms with Gasteiger partial charge in [0.15, 0.2) is 11.6 Å².